The van der Waals surface area contributed by atoms with Crippen molar-refractivity contribution in [3.8, 4) is 0 Å². The minimum Gasteiger partial charge on any atom is -0.0613 e. The molecule has 92 valence electrons. The maximum absolute atomic E-state index is 2.24. The molecule has 18 heavy (non-hydrogen) atoms. The Balaban J connectivity index is 2.23. The largest absolute Gasteiger partial charge is 0.0613 e. The van der Waals surface area contributed by atoms with Crippen LogP contribution in [0.25, 0.3) is 11.6 Å². The average Bonchev–Trinajstić information content (AvgIpc) is 2.41. The molecule has 0 nitrogen and oxygen atoms in total. The van der Waals surface area contributed by atoms with E-state index in [1.54, 1.807) is 0 Å². The molecule has 0 aliphatic heterocycles. The summed E-state index contributed by atoms with van der Waals surface area (Å²) in [7, 11) is 0. The Hall–Kier alpha value is -1.82. The Bertz CT molecular complexity index is 527. The minimum atomic E-state index is 1.10. The smallest absolute Gasteiger partial charge is 0.0227 e. The molecule has 0 saturated carbocycles. The summed E-state index contributed by atoms with van der Waals surface area (Å²) in [6.07, 6.45) is 3.33. The standard InChI is InChI=1S/C18H20/c1-4-16-9-11-18(12-10-16)15(3)13-17-7-5-14(2)6-8-17/h5-13H,4H2,1-3H3. The first-order chi connectivity index (χ1) is 8.69. The van der Waals surface area contributed by atoms with Gasteiger partial charge in [0.05, 0.1) is 0 Å². The van der Waals surface area contributed by atoms with Crippen molar-refractivity contribution in [3.63, 3.8) is 0 Å². The van der Waals surface area contributed by atoms with E-state index in [1.807, 2.05) is 0 Å². The summed E-state index contributed by atoms with van der Waals surface area (Å²) in [4.78, 5) is 0. The average molecular weight is 236 g/mol. The van der Waals surface area contributed by atoms with Crippen LogP contribution in [0.15, 0.2) is 48.5 Å². The number of rotatable bonds is 3. The molecule has 2 aromatic rings. The molecule has 0 aliphatic carbocycles. The molecule has 0 N–H and O–H groups in total. The van der Waals surface area contributed by atoms with Gasteiger partial charge in [0.2, 0.25) is 0 Å². The molecule has 0 heteroatoms. The van der Waals surface area contributed by atoms with Crippen LogP contribution < -0.4 is 0 Å². The van der Waals surface area contributed by atoms with Crippen LogP contribution in [-0.4, -0.2) is 0 Å². The van der Waals surface area contributed by atoms with Crippen molar-refractivity contribution in [1.82, 2.24) is 0 Å². The molecule has 0 spiro atoms. The van der Waals surface area contributed by atoms with Crippen LogP contribution in [0.5, 0.6) is 0 Å². The van der Waals surface area contributed by atoms with Gasteiger partial charge in [0, 0.05) is 0 Å². The van der Waals surface area contributed by atoms with E-state index in [1.165, 1.54) is 27.8 Å². The Morgan fingerprint density at radius 1 is 0.944 bits per heavy atom. The summed E-state index contributed by atoms with van der Waals surface area (Å²) >= 11 is 0. The highest BCUT2D eigenvalue weighted by atomic mass is 14.0. The SMILES string of the molecule is CCc1ccc(C(C)=Cc2ccc(C)cc2)cc1. The van der Waals surface area contributed by atoms with E-state index < -0.39 is 0 Å². The van der Waals surface area contributed by atoms with Gasteiger partial charge >= 0.3 is 0 Å². The predicted molar refractivity (Wildman–Crippen MR) is 80.5 cm³/mol. The number of hydrogen-bond acceptors (Lipinski definition) is 0. The quantitative estimate of drug-likeness (QED) is 0.649. The maximum Gasteiger partial charge on any atom is -0.0227 e. The molecule has 2 rings (SSSR count). The highest BCUT2D eigenvalue weighted by Gasteiger charge is 1.96. The topological polar surface area (TPSA) is 0 Å². The van der Waals surface area contributed by atoms with Gasteiger partial charge in [0.15, 0.2) is 0 Å². The third-order valence-corrected chi connectivity index (χ3v) is 3.28. The Morgan fingerprint density at radius 2 is 1.56 bits per heavy atom. The fourth-order valence-corrected chi connectivity index (χ4v) is 2.00. The molecule has 0 aliphatic rings. The molecule has 0 aromatic heterocycles. The second kappa shape index (κ2) is 5.68. The molecule has 0 bridgehead atoms. The van der Waals surface area contributed by atoms with Gasteiger partial charge < -0.3 is 0 Å². The summed E-state index contributed by atoms with van der Waals surface area (Å²) < 4.78 is 0. The number of benzene rings is 2. The molecule has 0 atom stereocenters. The fraction of sp³-hybridized carbons (Fsp3) is 0.222. The van der Waals surface area contributed by atoms with Crippen LogP contribution in [0.1, 0.15) is 36.1 Å². The van der Waals surface area contributed by atoms with Crippen LogP contribution in [0.4, 0.5) is 0 Å². The maximum atomic E-state index is 2.24. The minimum absolute atomic E-state index is 1.10. The van der Waals surface area contributed by atoms with E-state index in [9.17, 15) is 0 Å². The summed E-state index contributed by atoms with van der Waals surface area (Å²) in [5, 5.41) is 0. The Morgan fingerprint density at radius 3 is 2.11 bits per heavy atom. The van der Waals surface area contributed by atoms with E-state index in [0.717, 1.165) is 6.42 Å². The second-order valence-electron chi connectivity index (χ2n) is 4.79. The molecular formula is C18H20. The van der Waals surface area contributed by atoms with Gasteiger partial charge in [-0.05, 0) is 42.5 Å². The van der Waals surface area contributed by atoms with Crippen LogP contribution >= 0.6 is 0 Å². The van der Waals surface area contributed by atoms with E-state index in [2.05, 4.69) is 75.4 Å². The molecule has 0 unspecified atom stereocenters. The third kappa shape index (κ3) is 3.10. The van der Waals surface area contributed by atoms with E-state index in [0.29, 0.717) is 0 Å². The van der Waals surface area contributed by atoms with Crippen molar-refractivity contribution in [2.75, 3.05) is 0 Å². The first-order valence-electron chi connectivity index (χ1n) is 6.53. The molecule has 0 amide bonds. The van der Waals surface area contributed by atoms with Gasteiger partial charge in [-0.15, -0.1) is 0 Å². The van der Waals surface area contributed by atoms with Crippen LogP contribution in [0.3, 0.4) is 0 Å². The second-order valence-corrected chi connectivity index (χ2v) is 4.79. The summed E-state index contributed by atoms with van der Waals surface area (Å²) in [5.74, 6) is 0. The zero-order valence-electron chi connectivity index (χ0n) is 11.4. The molecule has 2 aromatic carbocycles. The van der Waals surface area contributed by atoms with Gasteiger partial charge in [-0.3, -0.25) is 0 Å². The molecule has 0 fully saturated rings. The van der Waals surface area contributed by atoms with Gasteiger partial charge in [-0.25, -0.2) is 0 Å². The van der Waals surface area contributed by atoms with Gasteiger partial charge in [-0.1, -0.05) is 67.1 Å². The van der Waals surface area contributed by atoms with E-state index in [4.69, 9.17) is 0 Å². The molecule has 0 heterocycles. The normalized spacial score (nSPS) is 11.6. The lowest BCUT2D eigenvalue weighted by molar-refractivity contribution is 1.14. The molecular weight excluding hydrogens is 216 g/mol. The zero-order chi connectivity index (χ0) is 13.0. The molecule has 0 saturated heterocycles. The van der Waals surface area contributed by atoms with Crippen LogP contribution in [-0.2, 0) is 6.42 Å². The predicted octanol–water partition coefficient (Wildman–Crippen LogP) is 5.12. The summed E-state index contributed by atoms with van der Waals surface area (Å²) in [6, 6.07) is 17.5. The third-order valence-electron chi connectivity index (χ3n) is 3.28. The van der Waals surface area contributed by atoms with Gasteiger partial charge in [0.25, 0.3) is 0 Å². The van der Waals surface area contributed by atoms with Crippen LogP contribution in [0.2, 0.25) is 0 Å². The van der Waals surface area contributed by atoms with Crippen molar-refractivity contribution in [1.29, 1.82) is 0 Å². The van der Waals surface area contributed by atoms with E-state index in [-0.39, 0.29) is 0 Å². The lowest BCUT2D eigenvalue weighted by Gasteiger charge is -2.04. The van der Waals surface area contributed by atoms with E-state index >= 15 is 0 Å². The zero-order valence-corrected chi connectivity index (χ0v) is 11.4. The van der Waals surface area contributed by atoms with Crippen molar-refractivity contribution < 1.29 is 0 Å². The summed E-state index contributed by atoms with van der Waals surface area (Å²) in [5.41, 5.74) is 6.56. The number of hydrogen-bond donors (Lipinski definition) is 0. The van der Waals surface area contributed by atoms with Crippen molar-refractivity contribution in [2.45, 2.75) is 27.2 Å². The Labute approximate surface area is 110 Å². The first-order valence-corrected chi connectivity index (χ1v) is 6.53. The monoisotopic (exact) mass is 236 g/mol. The highest BCUT2D eigenvalue weighted by Crippen LogP contribution is 2.18. The highest BCUT2D eigenvalue weighted by molar-refractivity contribution is 5.80. The molecule has 0 radical (unpaired) electrons. The number of aryl methyl sites for hydroxylation is 2. The summed E-state index contributed by atoms with van der Waals surface area (Å²) in [6.45, 7) is 6.47. The first kappa shape index (κ1) is 12.6. The fourth-order valence-electron chi connectivity index (χ4n) is 2.00. The van der Waals surface area contributed by atoms with Gasteiger partial charge in [0.1, 0.15) is 0 Å². The van der Waals surface area contributed by atoms with Crippen molar-refractivity contribution in [2.24, 2.45) is 0 Å². The van der Waals surface area contributed by atoms with Crippen molar-refractivity contribution >= 4 is 11.6 Å². The lowest BCUT2D eigenvalue weighted by Crippen LogP contribution is -1.83. The lowest BCUT2D eigenvalue weighted by atomic mass is 10.0. The van der Waals surface area contributed by atoms with Crippen LogP contribution in [0, 0.1) is 6.92 Å². The Kier molecular flexibility index (Phi) is 3.99. The van der Waals surface area contributed by atoms with Crippen molar-refractivity contribution in [3.05, 3.63) is 70.8 Å². The van der Waals surface area contributed by atoms with Gasteiger partial charge in [-0.2, -0.15) is 0 Å². The number of allylic oxidation sites excluding steroid dienone is 1.